The molecule has 2 unspecified atom stereocenters. The molecule has 0 saturated carbocycles. The van der Waals surface area contributed by atoms with Crippen LogP contribution in [-0.4, -0.2) is 29.9 Å². The first-order valence-electron chi connectivity index (χ1n) is 8.42. The molecule has 1 aromatic rings. The molecule has 128 valence electrons. The number of hydrazine groups is 1. The molecule has 0 radical (unpaired) electrons. The summed E-state index contributed by atoms with van der Waals surface area (Å²) in [5.74, 6) is 1.13. The van der Waals surface area contributed by atoms with E-state index in [4.69, 9.17) is 11.6 Å². The van der Waals surface area contributed by atoms with E-state index >= 15 is 0 Å². The molecule has 1 aliphatic rings. The van der Waals surface area contributed by atoms with Crippen molar-refractivity contribution in [2.75, 3.05) is 13.1 Å². The maximum absolute atomic E-state index is 12.8. The van der Waals surface area contributed by atoms with Crippen molar-refractivity contribution in [1.29, 1.82) is 0 Å². The van der Waals surface area contributed by atoms with Crippen LogP contribution in [0.5, 0.6) is 0 Å². The van der Waals surface area contributed by atoms with Gasteiger partial charge in [0.05, 0.1) is 0 Å². The third-order valence-electron chi connectivity index (χ3n) is 3.96. The molecule has 0 aromatic heterocycles. The van der Waals surface area contributed by atoms with Crippen molar-refractivity contribution in [1.82, 2.24) is 15.8 Å². The number of hydrogen-bond acceptors (Lipinski definition) is 3. The highest BCUT2D eigenvalue weighted by Crippen LogP contribution is 2.24. The first-order chi connectivity index (χ1) is 10.9. The van der Waals surface area contributed by atoms with Gasteiger partial charge >= 0.3 is 0 Å². The Bertz CT molecular complexity index is 506. The molecule has 1 fully saturated rings. The van der Waals surface area contributed by atoms with Gasteiger partial charge in [-0.1, -0.05) is 51.4 Å². The van der Waals surface area contributed by atoms with E-state index < -0.39 is 0 Å². The van der Waals surface area contributed by atoms with Crippen LogP contribution in [0.1, 0.15) is 45.7 Å². The van der Waals surface area contributed by atoms with E-state index in [1.807, 2.05) is 29.2 Å². The van der Waals surface area contributed by atoms with E-state index in [0.29, 0.717) is 11.8 Å². The summed E-state index contributed by atoms with van der Waals surface area (Å²) in [6.45, 7) is 10.2. The molecular weight excluding hydrogens is 310 g/mol. The minimum Gasteiger partial charge on any atom is -0.341 e. The van der Waals surface area contributed by atoms with Crippen LogP contribution < -0.4 is 10.9 Å². The van der Waals surface area contributed by atoms with Gasteiger partial charge in [-0.2, -0.15) is 0 Å². The standard InChI is InChI=1S/C18H28ClN3O/c1-12(2)10-22(11-13(3)4)18(23)17-9-16(20-21-17)14-5-7-15(19)8-6-14/h5-8,12-13,16-17,20-21H,9-11H2,1-4H3. The summed E-state index contributed by atoms with van der Waals surface area (Å²) in [5.41, 5.74) is 7.57. The second-order valence-electron chi connectivity index (χ2n) is 7.21. The smallest absolute Gasteiger partial charge is 0.241 e. The number of nitrogens with zero attached hydrogens (tertiary/aromatic N) is 1. The summed E-state index contributed by atoms with van der Waals surface area (Å²) < 4.78 is 0. The highest BCUT2D eigenvalue weighted by atomic mass is 35.5. The van der Waals surface area contributed by atoms with Crippen LogP contribution in [0, 0.1) is 11.8 Å². The van der Waals surface area contributed by atoms with Crippen molar-refractivity contribution < 1.29 is 4.79 Å². The van der Waals surface area contributed by atoms with Gasteiger partial charge in [-0.3, -0.25) is 4.79 Å². The van der Waals surface area contributed by atoms with Crippen molar-refractivity contribution >= 4 is 17.5 Å². The van der Waals surface area contributed by atoms with Crippen LogP contribution in [0.3, 0.4) is 0 Å². The third kappa shape index (κ3) is 5.20. The second-order valence-corrected chi connectivity index (χ2v) is 7.65. The summed E-state index contributed by atoms with van der Waals surface area (Å²) in [6.07, 6.45) is 0.757. The monoisotopic (exact) mass is 337 g/mol. The zero-order valence-electron chi connectivity index (χ0n) is 14.5. The molecule has 1 aromatic carbocycles. The largest absolute Gasteiger partial charge is 0.341 e. The summed E-state index contributed by atoms with van der Waals surface area (Å²) in [7, 11) is 0. The molecule has 0 bridgehead atoms. The van der Waals surface area contributed by atoms with E-state index in [-0.39, 0.29) is 18.0 Å². The molecule has 1 amide bonds. The lowest BCUT2D eigenvalue weighted by molar-refractivity contribution is -0.134. The minimum absolute atomic E-state index is 0.140. The number of nitrogens with one attached hydrogen (secondary N) is 2. The average molecular weight is 338 g/mol. The number of carbonyl (C=O) groups is 1. The van der Waals surface area contributed by atoms with Gasteiger partial charge in [0.1, 0.15) is 6.04 Å². The van der Waals surface area contributed by atoms with Gasteiger partial charge in [0.25, 0.3) is 0 Å². The van der Waals surface area contributed by atoms with Gasteiger partial charge in [0.2, 0.25) is 5.91 Å². The molecule has 1 saturated heterocycles. The van der Waals surface area contributed by atoms with E-state index in [1.54, 1.807) is 0 Å². The molecule has 2 N–H and O–H groups in total. The summed E-state index contributed by atoms with van der Waals surface area (Å²) >= 11 is 5.94. The lowest BCUT2D eigenvalue weighted by Gasteiger charge is -2.28. The zero-order chi connectivity index (χ0) is 17.0. The Kier molecular flexibility index (Phi) is 6.45. The Hall–Kier alpha value is -1.10. The van der Waals surface area contributed by atoms with E-state index in [2.05, 4.69) is 38.5 Å². The van der Waals surface area contributed by atoms with Crippen LogP contribution in [0.25, 0.3) is 0 Å². The van der Waals surface area contributed by atoms with Crippen molar-refractivity contribution in [2.24, 2.45) is 11.8 Å². The second kappa shape index (κ2) is 8.13. The average Bonchev–Trinajstić information content (AvgIpc) is 2.95. The summed E-state index contributed by atoms with van der Waals surface area (Å²) in [6, 6.07) is 7.76. The van der Waals surface area contributed by atoms with Gasteiger partial charge in [0.15, 0.2) is 0 Å². The van der Waals surface area contributed by atoms with Gasteiger partial charge in [-0.05, 0) is 36.0 Å². The Morgan fingerprint density at radius 3 is 2.22 bits per heavy atom. The lowest BCUT2D eigenvalue weighted by atomic mass is 10.0. The predicted molar refractivity (Wildman–Crippen MR) is 95.1 cm³/mol. The summed E-state index contributed by atoms with van der Waals surface area (Å²) in [5, 5.41) is 0.729. The molecule has 0 spiro atoms. The van der Waals surface area contributed by atoms with E-state index in [9.17, 15) is 4.79 Å². The lowest BCUT2D eigenvalue weighted by Crippen LogP contribution is -2.47. The quantitative estimate of drug-likeness (QED) is 0.836. The van der Waals surface area contributed by atoms with Crippen molar-refractivity contribution in [3.05, 3.63) is 34.9 Å². The molecule has 1 aliphatic heterocycles. The Labute approximate surface area is 144 Å². The first kappa shape index (κ1) is 18.2. The molecule has 1 heterocycles. The van der Waals surface area contributed by atoms with E-state index in [1.165, 1.54) is 0 Å². The molecule has 5 heteroatoms. The van der Waals surface area contributed by atoms with Crippen LogP contribution >= 0.6 is 11.6 Å². The number of rotatable bonds is 6. The fourth-order valence-corrected chi connectivity index (χ4v) is 3.11. The van der Waals surface area contributed by atoms with Crippen LogP contribution in [0.15, 0.2) is 24.3 Å². The third-order valence-corrected chi connectivity index (χ3v) is 4.21. The normalized spacial score (nSPS) is 21.2. The molecular formula is C18H28ClN3O. The number of halogens is 1. The maximum Gasteiger partial charge on any atom is 0.241 e. The van der Waals surface area contributed by atoms with Crippen LogP contribution in [0.2, 0.25) is 5.02 Å². The maximum atomic E-state index is 12.8. The highest BCUT2D eigenvalue weighted by Gasteiger charge is 2.33. The first-order valence-corrected chi connectivity index (χ1v) is 8.80. The van der Waals surface area contributed by atoms with Gasteiger partial charge in [0, 0.05) is 24.2 Å². The van der Waals surface area contributed by atoms with E-state index in [0.717, 1.165) is 30.1 Å². The van der Waals surface area contributed by atoms with Crippen molar-refractivity contribution in [3.8, 4) is 0 Å². The number of amides is 1. The fourth-order valence-electron chi connectivity index (χ4n) is 2.99. The molecule has 2 atom stereocenters. The van der Waals surface area contributed by atoms with Gasteiger partial charge < -0.3 is 4.90 Å². The van der Waals surface area contributed by atoms with Crippen LogP contribution in [-0.2, 0) is 4.79 Å². The number of benzene rings is 1. The van der Waals surface area contributed by atoms with Gasteiger partial charge in [-0.15, -0.1) is 0 Å². The van der Waals surface area contributed by atoms with Crippen molar-refractivity contribution in [2.45, 2.75) is 46.2 Å². The Morgan fingerprint density at radius 2 is 1.70 bits per heavy atom. The molecule has 0 aliphatic carbocycles. The molecule has 2 rings (SSSR count). The summed E-state index contributed by atoms with van der Waals surface area (Å²) in [4.78, 5) is 14.8. The minimum atomic E-state index is -0.173. The molecule has 23 heavy (non-hydrogen) atoms. The van der Waals surface area contributed by atoms with Gasteiger partial charge in [-0.25, -0.2) is 10.9 Å². The van der Waals surface area contributed by atoms with Crippen LogP contribution in [0.4, 0.5) is 0 Å². The number of carbonyl (C=O) groups excluding carboxylic acids is 1. The predicted octanol–water partition coefficient (Wildman–Crippen LogP) is 3.39. The van der Waals surface area contributed by atoms with Crippen molar-refractivity contribution in [3.63, 3.8) is 0 Å². The SMILES string of the molecule is CC(C)CN(CC(C)C)C(=O)C1CC(c2ccc(Cl)cc2)NN1. The topological polar surface area (TPSA) is 44.4 Å². The molecule has 4 nitrogen and oxygen atoms in total. The Balaban J connectivity index is 2.00. The zero-order valence-corrected chi connectivity index (χ0v) is 15.2. The Morgan fingerprint density at radius 1 is 1.13 bits per heavy atom. The highest BCUT2D eigenvalue weighted by molar-refractivity contribution is 6.30. The fraction of sp³-hybridized carbons (Fsp3) is 0.611. The number of hydrogen-bond donors (Lipinski definition) is 2.